The molecule has 0 atom stereocenters. The molecule has 0 amide bonds. The summed E-state index contributed by atoms with van der Waals surface area (Å²) in [6, 6.07) is 20.9. The van der Waals surface area contributed by atoms with Gasteiger partial charge < -0.3 is 73.3 Å². The number of methoxy groups -OCH3 is 1. The van der Waals surface area contributed by atoms with Crippen LogP contribution in [0.3, 0.4) is 0 Å². The van der Waals surface area contributed by atoms with Crippen molar-refractivity contribution < 1.29 is 78.1 Å². The van der Waals surface area contributed by atoms with Crippen molar-refractivity contribution in [3.63, 3.8) is 0 Å². The lowest BCUT2D eigenvalue weighted by molar-refractivity contribution is -0.0235. The molecule has 0 fully saturated rings. The molecule has 0 saturated carbocycles. The van der Waals surface area contributed by atoms with Crippen molar-refractivity contribution in [1.29, 1.82) is 0 Å². The maximum atomic E-state index is 11.8. The number of phenols is 6. The van der Waals surface area contributed by atoms with Crippen LogP contribution in [0.2, 0.25) is 0 Å². The van der Waals surface area contributed by atoms with Crippen molar-refractivity contribution in [2.75, 3.05) is 119 Å². The van der Waals surface area contributed by atoms with Crippen LogP contribution in [0.4, 0.5) is 5.69 Å². The first-order chi connectivity index (χ1) is 35.5. The maximum Gasteiger partial charge on any atom is 0.338 e. The molecule has 73 heavy (non-hydrogen) atoms. The Hall–Kier alpha value is -5.83. The summed E-state index contributed by atoms with van der Waals surface area (Å²) < 4.78 is 47.5. The zero-order chi connectivity index (χ0) is 53.0. The molecule has 0 radical (unpaired) electrons. The van der Waals surface area contributed by atoms with Crippen LogP contribution in [0.15, 0.2) is 88.8 Å². The number of carbonyl (C=O) groups is 1. The molecule has 6 N–H and O–H groups in total. The first-order valence-electron chi connectivity index (χ1n) is 24.9. The number of carbonyl (C=O) groups excluding carboxylic acids is 1. The summed E-state index contributed by atoms with van der Waals surface area (Å²) in [6.07, 6.45) is 13.8. The average molecular weight is 1030 g/mol. The fourth-order valence-electron chi connectivity index (χ4n) is 6.02. The lowest BCUT2D eigenvalue weighted by Crippen LogP contribution is -2.15. The van der Waals surface area contributed by atoms with Gasteiger partial charge in [-0.05, 0) is 91.2 Å². The number of rotatable bonds is 37. The molecule has 406 valence electrons. The topological polar surface area (TPSA) is 246 Å². The second-order valence-corrected chi connectivity index (χ2v) is 16.2. The monoisotopic (exact) mass is 1020 g/mol. The molecule has 4 rings (SSSR count). The average Bonchev–Trinajstić information content (AvgIpc) is 3.38. The van der Waals surface area contributed by atoms with E-state index in [1.807, 2.05) is 31.2 Å². The van der Waals surface area contributed by atoms with Crippen LogP contribution in [0, 0.1) is 6.92 Å². The summed E-state index contributed by atoms with van der Waals surface area (Å²) >= 11 is 0. The van der Waals surface area contributed by atoms with Gasteiger partial charge >= 0.3 is 5.97 Å². The van der Waals surface area contributed by atoms with Gasteiger partial charge in [-0.15, -0.1) is 0 Å². The third-order valence-corrected chi connectivity index (χ3v) is 10.1. The minimum atomic E-state index is -0.611. The van der Waals surface area contributed by atoms with E-state index in [2.05, 4.69) is 16.9 Å². The number of aryl methyl sites for hydroxylation is 1. The third kappa shape index (κ3) is 33.5. The van der Waals surface area contributed by atoms with Gasteiger partial charge in [0.05, 0.1) is 110 Å². The molecule has 0 aliphatic heterocycles. The van der Waals surface area contributed by atoms with Crippen molar-refractivity contribution in [3.8, 4) is 34.5 Å². The molecule has 0 spiro atoms. The van der Waals surface area contributed by atoms with E-state index in [4.69, 9.17) is 47.7 Å². The van der Waals surface area contributed by atoms with Crippen LogP contribution >= 0.6 is 0 Å². The third-order valence-electron chi connectivity index (χ3n) is 10.1. The predicted molar refractivity (Wildman–Crippen MR) is 281 cm³/mol. The first kappa shape index (κ1) is 63.3. The van der Waals surface area contributed by atoms with Crippen LogP contribution in [-0.4, -0.2) is 168 Å². The van der Waals surface area contributed by atoms with Gasteiger partial charge in [0, 0.05) is 26.1 Å². The maximum absolute atomic E-state index is 11.8. The highest BCUT2D eigenvalue weighted by atomic mass is 16.6. The molecular weight excluding hydrogens is 945 g/mol. The molecule has 0 aliphatic rings. The summed E-state index contributed by atoms with van der Waals surface area (Å²) in [6.45, 7) is 12.2. The molecule has 4 aromatic carbocycles. The van der Waals surface area contributed by atoms with E-state index in [1.54, 1.807) is 31.7 Å². The predicted octanol–water partition coefficient (Wildman–Crippen LogP) is 8.83. The van der Waals surface area contributed by atoms with Crippen molar-refractivity contribution in [2.24, 2.45) is 9.98 Å². The van der Waals surface area contributed by atoms with Crippen LogP contribution < -0.4 is 0 Å². The van der Waals surface area contributed by atoms with Gasteiger partial charge in [-0.2, -0.15) is 0 Å². The zero-order valence-corrected chi connectivity index (χ0v) is 43.0. The second-order valence-electron chi connectivity index (χ2n) is 16.2. The molecule has 0 aliphatic carbocycles. The smallest absolute Gasteiger partial charge is 0.338 e. The van der Waals surface area contributed by atoms with Crippen molar-refractivity contribution >= 4 is 24.1 Å². The number of aliphatic imine (C=N–C) groups is 2. The SMILES string of the molecule is CCCCCCCCCCN=Cc1ccc(O)c(O)c1.COCCOCCOCCOCCOCCOCCOCCOCCOC(=O)c1ccc(O)c(O)c1.Cc1ccc(N=Cc2ccc(O)c(O)c2)cc1. The molecule has 18 nitrogen and oxygen atoms in total. The lowest BCUT2D eigenvalue weighted by atomic mass is 10.1. The molecule has 0 unspecified atom stereocenters. The van der Waals surface area contributed by atoms with E-state index in [0.717, 1.165) is 35.8 Å². The van der Waals surface area contributed by atoms with Crippen LogP contribution in [0.5, 0.6) is 34.5 Å². The number of aromatic hydroxyl groups is 6. The Morgan fingerprint density at radius 2 is 0.849 bits per heavy atom. The number of hydrogen-bond acceptors (Lipinski definition) is 18. The minimum absolute atomic E-state index is 0.0630. The highest BCUT2D eigenvalue weighted by Crippen LogP contribution is 2.26. The fourth-order valence-corrected chi connectivity index (χ4v) is 6.02. The van der Waals surface area contributed by atoms with Gasteiger partial charge in [-0.25, -0.2) is 4.79 Å². The van der Waals surface area contributed by atoms with E-state index in [9.17, 15) is 30.3 Å². The Bertz CT molecular complexity index is 2070. The van der Waals surface area contributed by atoms with Crippen LogP contribution in [0.25, 0.3) is 0 Å². The second kappa shape index (κ2) is 42.7. The van der Waals surface area contributed by atoms with Gasteiger partial charge in [0.25, 0.3) is 0 Å². The van der Waals surface area contributed by atoms with E-state index < -0.39 is 5.97 Å². The lowest BCUT2D eigenvalue weighted by Gasteiger charge is -2.09. The van der Waals surface area contributed by atoms with Crippen LogP contribution in [-0.2, 0) is 42.6 Å². The van der Waals surface area contributed by atoms with Crippen molar-refractivity contribution in [1.82, 2.24) is 0 Å². The largest absolute Gasteiger partial charge is 0.504 e. The summed E-state index contributed by atoms with van der Waals surface area (Å²) in [5.41, 5.74) is 3.74. The quantitative estimate of drug-likeness (QED) is 0.0107. The molecule has 0 saturated heterocycles. The van der Waals surface area contributed by atoms with Gasteiger partial charge in [0.2, 0.25) is 0 Å². The molecule has 0 heterocycles. The van der Waals surface area contributed by atoms with E-state index >= 15 is 0 Å². The minimum Gasteiger partial charge on any atom is -0.504 e. The number of benzene rings is 4. The van der Waals surface area contributed by atoms with Gasteiger partial charge in [0.15, 0.2) is 34.5 Å². The van der Waals surface area contributed by atoms with E-state index in [-0.39, 0.29) is 53.3 Å². The number of ether oxygens (including phenoxy) is 9. The Morgan fingerprint density at radius 3 is 1.29 bits per heavy atom. The Labute approximate surface area is 431 Å². The normalized spacial score (nSPS) is 11.1. The van der Waals surface area contributed by atoms with Crippen LogP contribution in [0.1, 0.15) is 85.3 Å². The summed E-state index contributed by atoms with van der Waals surface area (Å²) in [5.74, 6) is -1.75. The molecule has 0 aromatic heterocycles. The Kier molecular flexibility index (Phi) is 37.0. The summed E-state index contributed by atoms with van der Waals surface area (Å²) in [4.78, 5) is 20.4. The molecular formula is C55H80N2O16. The van der Waals surface area contributed by atoms with E-state index in [0.29, 0.717) is 92.5 Å². The highest BCUT2D eigenvalue weighted by molar-refractivity contribution is 5.90. The highest BCUT2D eigenvalue weighted by Gasteiger charge is 2.10. The number of phenolic OH excluding ortho intramolecular Hbond substituents is 6. The number of esters is 1. The first-order valence-corrected chi connectivity index (χ1v) is 24.9. The summed E-state index contributed by atoms with van der Waals surface area (Å²) in [5, 5.41) is 55.7. The molecule has 4 aromatic rings. The van der Waals surface area contributed by atoms with Gasteiger partial charge in [-0.1, -0.05) is 69.6 Å². The number of hydrogen-bond donors (Lipinski definition) is 6. The molecule has 18 heteroatoms. The van der Waals surface area contributed by atoms with Gasteiger partial charge in [0.1, 0.15) is 6.61 Å². The van der Waals surface area contributed by atoms with Crippen molar-refractivity contribution in [2.45, 2.75) is 65.2 Å². The Morgan fingerprint density at radius 1 is 0.452 bits per heavy atom. The number of unbranched alkanes of at least 4 members (excludes halogenated alkanes) is 7. The van der Waals surface area contributed by atoms with E-state index in [1.165, 1.54) is 86.9 Å². The van der Waals surface area contributed by atoms with Crippen molar-refractivity contribution in [3.05, 3.63) is 101 Å². The number of nitrogens with zero attached hydrogens (tertiary/aromatic N) is 2. The zero-order valence-electron chi connectivity index (χ0n) is 43.0. The summed E-state index contributed by atoms with van der Waals surface area (Å²) in [7, 11) is 1.63. The standard InChI is InChI=1S/C24H40O12.C17H27NO2.C14H13NO2/c1-28-4-5-29-6-7-30-8-9-31-10-11-32-12-13-33-14-15-34-16-17-35-18-19-36-24(27)21-2-3-22(25)23(26)20-21;1-2-3-4-5-6-7-8-9-12-18-14-15-10-11-16(19)17(20)13-15;1-10-2-5-12(6-3-10)15-9-11-4-7-13(16)14(17)8-11/h2-3,20,25-26H,4-19H2,1H3;10-11,13-14,19-20H,2-9,12H2,1H3;2-9,16-17H,1H3. The van der Waals surface area contributed by atoms with Gasteiger partial charge in [-0.3, -0.25) is 9.98 Å². The Balaban J connectivity index is 0.000000412. The fraction of sp³-hybridized carbons (Fsp3) is 0.509. The molecule has 0 bridgehead atoms.